The van der Waals surface area contributed by atoms with E-state index in [1.165, 1.54) is 12.1 Å². The van der Waals surface area contributed by atoms with E-state index < -0.39 is 0 Å². The fourth-order valence-corrected chi connectivity index (χ4v) is 3.71. The van der Waals surface area contributed by atoms with Crippen molar-refractivity contribution in [2.75, 3.05) is 13.6 Å². The molecule has 1 atom stereocenters. The Kier molecular flexibility index (Phi) is 6.11. The minimum atomic E-state index is -0.313. The Morgan fingerprint density at radius 2 is 2.13 bits per heavy atom. The van der Waals surface area contributed by atoms with Crippen molar-refractivity contribution in [3.63, 3.8) is 0 Å². The fourth-order valence-electron chi connectivity index (χ4n) is 3.71. The van der Waals surface area contributed by atoms with Gasteiger partial charge in [0.1, 0.15) is 5.82 Å². The van der Waals surface area contributed by atoms with Crippen molar-refractivity contribution >= 4 is 16.9 Å². The van der Waals surface area contributed by atoms with E-state index in [-0.39, 0.29) is 18.1 Å². The predicted octanol–water partition coefficient (Wildman–Crippen LogP) is 4.29. The van der Waals surface area contributed by atoms with Crippen molar-refractivity contribution < 1.29 is 9.18 Å². The number of pyridine rings is 1. The molecule has 0 radical (unpaired) electrons. The van der Waals surface area contributed by atoms with Gasteiger partial charge in [0, 0.05) is 38.1 Å². The second-order valence-electron chi connectivity index (χ2n) is 8.07. The van der Waals surface area contributed by atoms with Crippen LogP contribution in [0.4, 0.5) is 4.39 Å². The molecular weight excluding hydrogens is 393 g/mol. The summed E-state index contributed by atoms with van der Waals surface area (Å²) >= 11 is 0. The number of fused-ring (bicyclic) bond motifs is 1. The number of hydrogen-bond donors (Lipinski definition) is 1. The molecule has 0 fully saturated rings. The number of aromatic amines is 1. The highest BCUT2D eigenvalue weighted by atomic mass is 19.1. The van der Waals surface area contributed by atoms with Crippen molar-refractivity contribution in [1.82, 2.24) is 24.6 Å². The summed E-state index contributed by atoms with van der Waals surface area (Å²) in [7, 11) is 1.81. The van der Waals surface area contributed by atoms with E-state index in [4.69, 9.17) is 4.98 Å². The number of amides is 1. The van der Waals surface area contributed by atoms with E-state index in [2.05, 4.69) is 34.0 Å². The van der Waals surface area contributed by atoms with Crippen LogP contribution in [0.2, 0.25) is 0 Å². The number of halogens is 1. The first kappa shape index (κ1) is 20.8. The van der Waals surface area contributed by atoms with Crippen LogP contribution in [0, 0.1) is 11.7 Å². The molecule has 4 aromatic rings. The van der Waals surface area contributed by atoms with Crippen LogP contribution >= 0.6 is 0 Å². The Bertz CT molecular complexity index is 1170. The van der Waals surface area contributed by atoms with Crippen molar-refractivity contribution in [2.45, 2.75) is 26.3 Å². The second-order valence-corrected chi connectivity index (χ2v) is 8.07. The zero-order chi connectivity index (χ0) is 21.8. The number of rotatable bonds is 8. The average Bonchev–Trinajstić information content (AvgIpc) is 3.42. The molecule has 0 aliphatic carbocycles. The Morgan fingerprint density at radius 3 is 2.90 bits per heavy atom. The molecule has 0 aliphatic heterocycles. The number of nitrogens with one attached hydrogen (secondary N) is 1. The lowest BCUT2D eigenvalue weighted by Gasteiger charge is -2.20. The van der Waals surface area contributed by atoms with Crippen molar-refractivity contribution in [3.8, 4) is 11.3 Å². The molecule has 1 unspecified atom stereocenters. The normalized spacial score (nSPS) is 12.2. The van der Waals surface area contributed by atoms with Gasteiger partial charge in [-0.15, -0.1) is 0 Å². The average molecular weight is 420 g/mol. The summed E-state index contributed by atoms with van der Waals surface area (Å²) in [4.78, 5) is 18.9. The molecule has 4 rings (SSSR count). The Hall–Kier alpha value is -3.48. The van der Waals surface area contributed by atoms with Gasteiger partial charge in [-0.1, -0.05) is 19.1 Å². The number of benzene rings is 1. The van der Waals surface area contributed by atoms with Crippen LogP contribution in [0.15, 0.2) is 61.1 Å². The molecule has 160 valence electrons. The smallest absolute Gasteiger partial charge is 0.226 e. The van der Waals surface area contributed by atoms with E-state index in [9.17, 15) is 9.18 Å². The summed E-state index contributed by atoms with van der Waals surface area (Å²) in [6, 6.07) is 12.3. The minimum Gasteiger partial charge on any atom is -0.346 e. The highest BCUT2D eigenvalue weighted by Gasteiger charge is 2.13. The van der Waals surface area contributed by atoms with Gasteiger partial charge in [0.25, 0.3) is 0 Å². The minimum absolute atomic E-state index is 0.000176. The first-order valence-electron chi connectivity index (χ1n) is 10.4. The van der Waals surface area contributed by atoms with Gasteiger partial charge in [-0.2, -0.15) is 5.10 Å². The highest BCUT2D eigenvalue weighted by molar-refractivity contribution is 5.79. The number of carbonyl (C=O) groups is 1. The number of nitrogens with zero attached hydrogens (tertiary/aromatic N) is 4. The standard InChI is InChI=1S/C24H26FN5O/c1-17(8-10-29(2)24(31)13-18-4-3-5-20(25)12-18)16-30-11-9-22-23(30)7-6-21(28-22)19-14-26-27-15-19/h3-7,9,11-12,14-15,17H,8,10,13,16H2,1-2H3,(H,26,27). The van der Waals surface area contributed by atoms with Crippen molar-refractivity contribution in [1.29, 1.82) is 0 Å². The lowest BCUT2D eigenvalue weighted by atomic mass is 10.1. The molecule has 0 spiro atoms. The Balaban J connectivity index is 1.32. The van der Waals surface area contributed by atoms with Gasteiger partial charge >= 0.3 is 0 Å². The monoisotopic (exact) mass is 419 g/mol. The SMILES string of the molecule is CC(CCN(C)C(=O)Cc1cccc(F)c1)Cn1ccc2nc(-c3cn[nH]c3)ccc21. The Labute approximate surface area is 180 Å². The fraction of sp³-hybridized carbons (Fsp3) is 0.292. The van der Waals surface area contributed by atoms with Crippen LogP contribution in [0.5, 0.6) is 0 Å². The van der Waals surface area contributed by atoms with Crippen LogP contribution in [-0.4, -0.2) is 44.1 Å². The maximum atomic E-state index is 13.3. The molecule has 1 aromatic carbocycles. The Morgan fingerprint density at radius 1 is 1.26 bits per heavy atom. The zero-order valence-corrected chi connectivity index (χ0v) is 17.8. The largest absolute Gasteiger partial charge is 0.346 e. The summed E-state index contributed by atoms with van der Waals surface area (Å²) in [5.41, 5.74) is 4.60. The van der Waals surface area contributed by atoms with Crippen LogP contribution in [0.25, 0.3) is 22.3 Å². The van der Waals surface area contributed by atoms with Crippen LogP contribution in [0.1, 0.15) is 18.9 Å². The molecule has 0 bridgehead atoms. The van der Waals surface area contributed by atoms with Gasteiger partial charge in [0.15, 0.2) is 0 Å². The summed E-state index contributed by atoms with van der Waals surface area (Å²) in [6.07, 6.45) is 6.76. The third kappa shape index (κ3) is 4.99. The number of H-pyrrole nitrogens is 1. The molecule has 0 aliphatic rings. The number of carbonyl (C=O) groups excluding carboxylic acids is 1. The number of aromatic nitrogens is 4. The lowest BCUT2D eigenvalue weighted by molar-refractivity contribution is -0.129. The van der Waals surface area contributed by atoms with E-state index in [1.54, 1.807) is 30.3 Å². The van der Waals surface area contributed by atoms with E-state index >= 15 is 0 Å². The van der Waals surface area contributed by atoms with Crippen molar-refractivity contribution in [2.24, 2.45) is 5.92 Å². The third-order valence-electron chi connectivity index (χ3n) is 5.55. The molecule has 6 nitrogen and oxygen atoms in total. The summed E-state index contributed by atoms with van der Waals surface area (Å²) in [5.74, 6) is 0.0701. The summed E-state index contributed by atoms with van der Waals surface area (Å²) in [5, 5.41) is 6.80. The van der Waals surface area contributed by atoms with Gasteiger partial charge in [-0.05, 0) is 48.2 Å². The lowest BCUT2D eigenvalue weighted by Crippen LogP contribution is -2.30. The first-order chi connectivity index (χ1) is 15.0. The van der Waals surface area contributed by atoms with Gasteiger partial charge in [-0.3, -0.25) is 9.89 Å². The van der Waals surface area contributed by atoms with E-state index in [0.29, 0.717) is 18.0 Å². The third-order valence-corrected chi connectivity index (χ3v) is 5.55. The van der Waals surface area contributed by atoms with E-state index in [0.717, 1.165) is 35.3 Å². The molecule has 1 amide bonds. The van der Waals surface area contributed by atoms with Crippen LogP contribution < -0.4 is 0 Å². The van der Waals surface area contributed by atoms with Gasteiger partial charge < -0.3 is 9.47 Å². The van der Waals surface area contributed by atoms with Gasteiger partial charge in [-0.25, -0.2) is 9.37 Å². The summed E-state index contributed by atoms with van der Waals surface area (Å²) in [6.45, 7) is 3.70. The predicted molar refractivity (Wildman–Crippen MR) is 119 cm³/mol. The molecule has 0 saturated carbocycles. The van der Waals surface area contributed by atoms with Gasteiger partial charge in [0.05, 0.1) is 29.3 Å². The van der Waals surface area contributed by atoms with E-state index in [1.807, 2.05) is 18.3 Å². The zero-order valence-electron chi connectivity index (χ0n) is 17.8. The quantitative estimate of drug-likeness (QED) is 0.463. The number of hydrogen-bond acceptors (Lipinski definition) is 3. The van der Waals surface area contributed by atoms with Gasteiger partial charge in [0.2, 0.25) is 5.91 Å². The van der Waals surface area contributed by atoms with Crippen LogP contribution in [-0.2, 0) is 17.8 Å². The molecule has 31 heavy (non-hydrogen) atoms. The maximum Gasteiger partial charge on any atom is 0.226 e. The first-order valence-corrected chi connectivity index (χ1v) is 10.4. The summed E-state index contributed by atoms with van der Waals surface area (Å²) < 4.78 is 15.5. The molecule has 7 heteroatoms. The topological polar surface area (TPSA) is 66.8 Å². The maximum absolute atomic E-state index is 13.3. The molecule has 3 heterocycles. The molecular formula is C24H26FN5O. The highest BCUT2D eigenvalue weighted by Crippen LogP contribution is 2.22. The van der Waals surface area contributed by atoms with Crippen LogP contribution in [0.3, 0.4) is 0 Å². The number of likely N-dealkylation sites (N-methyl/N-ethyl adjacent to an activating group) is 1. The van der Waals surface area contributed by atoms with Crippen molar-refractivity contribution in [3.05, 3.63) is 72.4 Å². The molecule has 3 aromatic heterocycles. The molecule has 1 N–H and O–H groups in total. The second kappa shape index (κ2) is 9.12. The molecule has 0 saturated heterocycles.